The molecule has 0 amide bonds. The lowest BCUT2D eigenvalue weighted by atomic mass is 9.96. The van der Waals surface area contributed by atoms with E-state index in [-0.39, 0.29) is 10.3 Å². The fourth-order valence-corrected chi connectivity index (χ4v) is 4.19. The molecule has 1 saturated carbocycles. The number of aryl methyl sites for hydroxylation is 1. The maximum Gasteiger partial charge on any atom is 0.240 e. The first-order chi connectivity index (χ1) is 11.4. The summed E-state index contributed by atoms with van der Waals surface area (Å²) in [6.45, 7) is 2.22. The summed E-state index contributed by atoms with van der Waals surface area (Å²) in [7, 11) is -1.98. The predicted octanol–water partition coefficient (Wildman–Crippen LogP) is 3.67. The first-order valence-electron chi connectivity index (χ1n) is 7.77. The maximum absolute atomic E-state index is 12.6. The molecule has 1 aliphatic rings. The summed E-state index contributed by atoms with van der Waals surface area (Å²) < 4.78 is 33.1. The van der Waals surface area contributed by atoms with E-state index in [0.29, 0.717) is 17.3 Å². The summed E-state index contributed by atoms with van der Waals surface area (Å²) in [4.78, 5) is 0.257. The molecule has 0 bridgehead atoms. The first-order valence-corrected chi connectivity index (χ1v) is 9.63. The van der Waals surface area contributed by atoms with Gasteiger partial charge in [-0.3, -0.25) is 0 Å². The molecular formula is C18H20ClNO3S. The van der Waals surface area contributed by atoms with E-state index in [1.807, 2.05) is 31.2 Å². The van der Waals surface area contributed by atoms with E-state index < -0.39 is 10.0 Å². The summed E-state index contributed by atoms with van der Waals surface area (Å²) in [5.41, 5.74) is 1.80. The summed E-state index contributed by atoms with van der Waals surface area (Å²) in [6, 6.07) is 12.5. The minimum atomic E-state index is -3.55. The molecule has 0 spiro atoms. The minimum Gasteiger partial charge on any atom is -0.496 e. The molecule has 2 aromatic carbocycles. The van der Waals surface area contributed by atoms with Crippen LogP contribution in [0.2, 0.25) is 5.02 Å². The van der Waals surface area contributed by atoms with Crippen molar-refractivity contribution >= 4 is 21.6 Å². The Balaban J connectivity index is 1.76. The van der Waals surface area contributed by atoms with Crippen LogP contribution in [-0.2, 0) is 15.4 Å². The van der Waals surface area contributed by atoms with Crippen molar-refractivity contribution in [3.8, 4) is 5.75 Å². The Kier molecular flexibility index (Phi) is 4.60. The van der Waals surface area contributed by atoms with Gasteiger partial charge in [0.25, 0.3) is 0 Å². The van der Waals surface area contributed by atoms with Crippen LogP contribution < -0.4 is 9.46 Å². The highest BCUT2D eigenvalue weighted by Crippen LogP contribution is 2.48. The van der Waals surface area contributed by atoms with E-state index in [1.54, 1.807) is 25.3 Å². The van der Waals surface area contributed by atoms with E-state index in [0.717, 1.165) is 24.0 Å². The highest BCUT2D eigenvalue weighted by atomic mass is 35.5. The molecule has 128 valence electrons. The van der Waals surface area contributed by atoms with Crippen LogP contribution in [0.15, 0.2) is 47.4 Å². The molecule has 0 aliphatic heterocycles. The smallest absolute Gasteiger partial charge is 0.240 e. The average molecular weight is 366 g/mol. The zero-order valence-corrected chi connectivity index (χ0v) is 15.2. The topological polar surface area (TPSA) is 55.4 Å². The van der Waals surface area contributed by atoms with Crippen LogP contribution in [0.4, 0.5) is 0 Å². The second kappa shape index (κ2) is 6.39. The number of hydrogen-bond donors (Lipinski definition) is 1. The number of rotatable bonds is 6. The molecule has 4 nitrogen and oxygen atoms in total. The third kappa shape index (κ3) is 3.43. The second-order valence-electron chi connectivity index (χ2n) is 6.24. The number of hydrogen-bond acceptors (Lipinski definition) is 3. The summed E-state index contributed by atoms with van der Waals surface area (Å²) in [6.07, 6.45) is 1.94. The standard InChI is InChI=1S/C18H20ClNO3S/c1-13-11-16(7-8-17(13)23-2)24(21,22)20-12-18(9-10-18)14-3-5-15(19)6-4-14/h3-8,11,20H,9-10,12H2,1-2H3. The van der Waals surface area contributed by atoms with E-state index >= 15 is 0 Å². The van der Waals surface area contributed by atoms with E-state index in [1.165, 1.54) is 0 Å². The quantitative estimate of drug-likeness (QED) is 0.849. The molecule has 0 radical (unpaired) electrons. The molecule has 0 unspecified atom stereocenters. The summed E-state index contributed by atoms with van der Waals surface area (Å²) in [5, 5.41) is 0.684. The van der Waals surface area contributed by atoms with Gasteiger partial charge in [0, 0.05) is 17.0 Å². The van der Waals surface area contributed by atoms with Gasteiger partial charge in [-0.15, -0.1) is 0 Å². The molecule has 1 N–H and O–H groups in total. The Morgan fingerprint density at radius 3 is 2.38 bits per heavy atom. The number of sulfonamides is 1. The highest BCUT2D eigenvalue weighted by Gasteiger charge is 2.44. The van der Waals surface area contributed by atoms with Crippen molar-refractivity contribution in [1.82, 2.24) is 4.72 Å². The monoisotopic (exact) mass is 365 g/mol. The van der Waals surface area contributed by atoms with Crippen LogP contribution >= 0.6 is 11.6 Å². The lowest BCUT2D eigenvalue weighted by molar-refractivity contribution is 0.411. The van der Waals surface area contributed by atoms with Gasteiger partial charge in [-0.25, -0.2) is 13.1 Å². The maximum atomic E-state index is 12.6. The van der Waals surface area contributed by atoms with Crippen molar-refractivity contribution in [3.05, 3.63) is 58.6 Å². The van der Waals surface area contributed by atoms with Crippen LogP contribution in [0.1, 0.15) is 24.0 Å². The van der Waals surface area contributed by atoms with Gasteiger partial charge >= 0.3 is 0 Å². The Morgan fingerprint density at radius 1 is 1.17 bits per heavy atom. The molecule has 1 aliphatic carbocycles. The fourth-order valence-electron chi connectivity index (χ4n) is 2.86. The molecule has 3 rings (SSSR count). The minimum absolute atomic E-state index is 0.112. The highest BCUT2D eigenvalue weighted by molar-refractivity contribution is 7.89. The van der Waals surface area contributed by atoms with Crippen molar-refractivity contribution in [3.63, 3.8) is 0 Å². The second-order valence-corrected chi connectivity index (χ2v) is 8.45. The van der Waals surface area contributed by atoms with Crippen LogP contribution in [0.25, 0.3) is 0 Å². The van der Waals surface area contributed by atoms with Gasteiger partial charge in [0.1, 0.15) is 5.75 Å². The van der Waals surface area contributed by atoms with Crippen molar-refractivity contribution in [1.29, 1.82) is 0 Å². The normalized spacial score (nSPS) is 16.0. The van der Waals surface area contributed by atoms with E-state index in [2.05, 4.69) is 4.72 Å². The number of halogens is 1. The molecule has 2 aromatic rings. The van der Waals surface area contributed by atoms with E-state index in [9.17, 15) is 8.42 Å². The fraction of sp³-hybridized carbons (Fsp3) is 0.333. The van der Waals surface area contributed by atoms with Gasteiger partial charge in [-0.1, -0.05) is 23.7 Å². The first kappa shape index (κ1) is 17.3. The molecule has 24 heavy (non-hydrogen) atoms. The van der Waals surface area contributed by atoms with E-state index in [4.69, 9.17) is 16.3 Å². The number of methoxy groups -OCH3 is 1. The van der Waals surface area contributed by atoms with Crippen molar-refractivity contribution in [2.45, 2.75) is 30.1 Å². The van der Waals surface area contributed by atoms with Crippen LogP contribution in [0.5, 0.6) is 5.75 Å². The van der Waals surface area contributed by atoms with Gasteiger partial charge in [-0.05, 0) is 61.2 Å². The molecule has 0 saturated heterocycles. The zero-order chi connectivity index (χ0) is 17.4. The largest absolute Gasteiger partial charge is 0.496 e. The van der Waals surface area contributed by atoms with Gasteiger partial charge < -0.3 is 4.74 Å². The lowest BCUT2D eigenvalue weighted by Crippen LogP contribution is -2.32. The van der Waals surface area contributed by atoms with Crippen LogP contribution in [0.3, 0.4) is 0 Å². The van der Waals surface area contributed by atoms with Crippen molar-refractivity contribution in [2.75, 3.05) is 13.7 Å². The predicted molar refractivity (Wildman–Crippen MR) is 95.3 cm³/mol. The number of benzene rings is 2. The Hall–Kier alpha value is -1.56. The number of ether oxygens (including phenoxy) is 1. The third-order valence-corrected chi connectivity index (χ3v) is 6.24. The van der Waals surface area contributed by atoms with Gasteiger partial charge in [0.2, 0.25) is 10.0 Å². The molecule has 0 aromatic heterocycles. The van der Waals surface area contributed by atoms with Crippen molar-refractivity contribution < 1.29 is 13.2 Å². The average Bonchev–Trinajstić information content (AvgIpc) is 3.35. The third-order valence-electron chi connectivity index (χ3n) is 4.59. The molecular weight excluding hydrogens is 346 g/mol. The Bertz CT molecular complexity index is 843. The summed E-state index contributed by atoms with van der Waals surface area (Å²) >= 11 is 5.93. The Labute approximate surface area is 147 Å². The molecule has 6 heteroatoms. The molecule has 0 heterocycles. The summed E-state index contributed by atoms with van der Waals surface area (Å²) in [5.74, 6) is 0.675. The lowest BCUT2D eigenvalue weighted by Gasteiger charge is -2.17. The number of nitrogens with one attached hydrogen (secondary N) is 1. The molecule has 1 fully saturated rings. The van der Waals surface area contributed by atoms with Crippen molar-refractivity contribution in [2.24, 2.45) is 0 Å². The Morgan fingerprint density at radius 2 is 1.83 bits per heavy atom. The van der Waals surface area contributed by atoms with Gasteiger partial charge in [0.15, 0.2) is 0 Å². The van der Waals surface area contributed by atoms with Crippen LogP contribution in [0, 0.1) is 6.92 Å². The van der Waals surface area contributed by atoms with Gasteiger partial charge in [-0.2, -0.15) is 0 Å². The molecule has 0 atom stereocenters. The zero-order valence-electron chi connectivity index (χ0n) is 13.7. The van der Waals surface area contributed by atoms with Gasteiger partial charge in [0.05, 0.1) is 12.0 Å². The SMILES string of the molecule is COc1ccc(S(=O)(=O)NCC2(c3ccc(Cl)cc3)CC2)cc1C. The van der Waals surface area contributed by atoms with Crippen LogP contribution in [-0.4, -0.2) is 22.1 Å².